The summed E-state index contributed by atoms with van der Waals surface area (Å²) in [6.45, 7) is 3.97. The first-order chi connectivity index (χ1) is 15.4. The van der Waals surface area contributed by atoms with Gasteiger partial charge in [-0.3, -0.25) is 14.4 Å². The highest BCUT2D eigenvalue weighted by Gasteiger charge is 2.45. The lowest BCUT2D eigenvalue weighted by Crippen LogP contribution is -2.65. The maximum absolute atomic E-state index is 13.4. The minimum atomic E-state index is -0.954. The predicted molar refractivity (Wildman–Crippen MR) is 121 cm³/mol. The van der Waals surface area contributed by atoms with E-state index in [0.717, 1.165) is 19.3 Å². The maximum Gasteiger partial charge on any atom is 0.286 e. The van der Waals surface area contributed by atoms with Crippen molar-refractivity contribution in [3.05, 3.63) is 41.8 Å². The van der Waals surface area contributed by atoms with Gasteiger partial charge in [0.15, 0.2) is 0 Å². The minimum Gasteiger partial charge on any atom is -0.408 e. The first-order valence-corrected chi connectivity index (χ1v) is 12.2. The Morgan fingerprint density at radius 3 is 2.44 bits per heavy atom. The van der Waals surface area contributed by atoms with Gasteiger partial charge in [0.1, 0.15) is 11.7 Å². The van der Waals surface area contributed by atoms with Gasteiger partial charge < -0.3 is 14.6 Å². The standard InChI is InChI=1S/C23H30N4O4S/c1-16(2)14-18(19(29)21-25-26-22(31-21)32-3)27(15-28)23(12-8-5-9-13-23)24-20(30)17-10-6-4-7-11-17/h4,6-7,10-11,15-16,18H,5,8-9,12-14H2,1-3H3,(H,24,30)/t18-/m0/s1. The fraction of sp³-hybridized carbons (Fsp3) is 0.522. The van der Waals surface area contributed by atoms with E-state index in [9.17, 15) is 14.4 Å². The van der Waals surface area contributed by atoms with Crippen LogP contribution >= 0.6 is 11.8 Å². The molecule has 1 aliphatic carbocycles. The Balaban J connectivity index is 1.97. The summed E-state index contributed by atoms with van der Waals surface area (Å²) in [7, 11) is 0. The molecule has 2 amide bonds. The molecule has 0 unspecified atom stereocenters. The average Bonchev–Trinajstić information content (AvgIpc) is 3.29. The number of nitrogens with zero attached hydrogens (tertiary/aromatic N) is 3. The Kier molecular flexibility index (Phi) is 8.06. The number of aromatic nitrogens is 2. The van der Waals surface area contributed by atoms with E-state index in [4.69, 9.17) is 4.42 Å². The van der Waals surface area contributed by atoms with E-state index in [-0.39, 0.29) is 17.7 Å². The summed E-state index contributed by atoms with van der Waals surface area (Å²) in [6.07, 6.45) is 6.74. The molecule has 0 spiro atoms. The lowest BCUT2D eigenvalue weighted by Gasteiger charge is -2.48. The summed E-state index contributed by atoms with van der Waals surface area (Å²) in [5.41, 5.74) is -0.443. The fourth-order valence-electron chi connectivity index (χ4n) is 4.26. The smallest absolute Gasteiger partial charge is 0.286 e. The third kappa shape index (κ3) is 5.38. The summed E-state index contributed by atoms with van der Waals surface area (Å²) in [4.78, 5) is 40.5. The molecule has 8 nitrogen and oxygen atoms in total. The molecule has 0 aliphatic heterocycles. The number of carbonyl (C=O) groups is 3. The SMILES string of the molecule is CSc1nnc(C(=O)[C@H](CC(C)C)N(C=O)C2(NC(=O)c3ccccc3)CCCCC2)o1. The van der Waals surface area contributed by atoms with Gasteiger partial charge in [0.2, 0.25) is 12.2 Å². The zero-order chi connectivity index (χ0) is 23.1. The van der Waals surface area contributed by atoms with Gasteiger partial charge >= 0.3 is 0 Å². The van der Waals surface area contributed by atoms with Crippen LogP contribution in [0.1, 0.15) is 73.4 Å². The van der Waals surface area contributed by atoms with Crippen LogP contribution in [0.15, 0.2) is 40.0 Å². The Hall–Kier alpha value is -2.68. The summed E-state index contributed by atoms with van der Waals surface area (Å²) in [5, 5.41) is 11.2. The molecule has 1 heterocycles. The van der Waals surface area contributed by atoms with Gasteiger partial charge in [-0.2, -0.15) is 0 Å². The van der Waals surface area contributed by atoms with E-state index in [0.29, 0.717) is 36.5 Å². The van der Waals surface area contributed by atoms with Gasteiger partial charge in [-0.05, 0) is 56.4 Å². The molecule has 32 heavy (non-hydrogen) atoms. The average molecular weight is 459 g/mol. The van der Waals surface area contributed by atoms with Gasteiger partial charge in [-0.25, -0.2) is 0 Å². The monoisotopic (exact) mass is 458 g/mol. The van der Waals surface area contributed by atoms with Crippen molar-refractivity contribution in [1.29, 1.82) is 0 Å². The molecular formula is C23H30N4O4S. The fourth-order valence-corrected chi connectivity index (χ4v) is 4.54. The molecule has 2 aromatic rings. The van der Waals surface area contributed by atoms with Crippen LogP contribution in [0, 0.1) is 5.92 Å². The molecule has 0 radical (unpaired) electrons. The van der Waals surface area contributed by atoms with E-state index in [2.05, 4.69) is 15.5 Å². The van der Waals surface area contributed by atoms with Crippen LogP contribution in [0.25, 0.3) is 0 Å². The molecule has 172 valence electrons. The quantitative estimate of drug-likeness (QED) is 0.249. The molecule has 9 heteroatoms. The van der Waals surface area contributed by atoms with Crippen LogP contribution in [-0.4, -0.2) is 51.2 Å². The highest BCUT2D eigenvalue weighted by molar-refractivity contribution is 7.98. The largest absolute Gasteiger partial charge is 0.408 e. The second-order valence-electron chi connectivity index (χ2n) is 8.51. The van der Waals surface area contributed by atoms with Crippen LogP contribution in [-0.2, 0) is 4.79 Å². The van der Waals surface area contributed by atoms with Crippen molar-refractivity contribution in [3.63, 3.8) is 0 Å². The minimum absolute atomic E-state index is 0.118. The molecule has 1 aromatic heterocycles. The summed E-state index contributed by atoms with van der Waals surface area (Å²) < 4.78 is 5.48. The molecule has 1 aromatic carbocycles. The summed E-state index contributed by atoms with van der Waals surface area (Å²) in [5.74, 6) is -0.665. The lowest BCUT2D eigenvalue weighted by molar-refractivity contribution is -0.129. The van der Waals surface area contributed by atoms with Crippen molar-refractivity contribution in [3.8, 4) is 0 Å². The third-order valence-corrected chi connectivity index (χ3v) is 6.31. The lowest BCUT2D eigenvalue weighted by atomic mass is 9.84. The van der Waals surface area contributed by atoms with Crippen LogP contribution in [0.5, 0.6) is 0 Å². The van der Waals surface area contributed by atoms with Gasteiger partial charge in [0.05, 0.1) is 0 Å². The number of ketones is 1. The van der Waals surface area contributed by atoms with Crippen molar-refractivity contribution in [2.45, 2.75) is 69.3 Å². The first kappa shape index (κ1) is 24.0. The van der Waals surface area contributed by atoms with Crippen LogP contribution in [0.4, 0.5) is 0 Å². The number of carbonyl (C=O) groups excluding carboxylic acids is 3. The Bertz CT molecular complexity index is 925. The number of hydrogen-bond donors (Lipinski definition) is 1. The van der Waals surface area contributed by atoms with E-state index in [1.54, 1.807) is 30.5 Å². The van der Waals surface area contributed by atoms with Gasteiger partial charge in [-0.15, -0.1) is 10.2 Å². The molecule has 1 aliphatic rings. The van der Waals surface area contributed by atoms with Gasteiger partial charge in [-0.1, -0.05) is 50.2 Å². The number of amides is 2. The van der Waals surface area contributed by atoms with Gasteiger partial charge in [0.25, 0.3) is 17.0 Å². The number of hydrogen-bond acceptors (Lipinski definition) is 7. The molecule has 1 N–H and O–H groups in total. The normalized spacial score (nSPS) is 16.4. The first-order valence-electron chi connectivity index (χ1n) is 10.9. The van der Waals surface area contributed by atoms with E-state index >= 15 is 0 Å². The van der Waals surface area contributed by atoms with Crippen LogP contribution in [0.2, 0.25) is 0 Å². The second-order valence-corrected chi connectivity index (χ2v) is 9.27. The number of rotatable bonds is 10. The van der Waals surface area contributed by atoms with Crippen molar-refractivity contribution in [2.24, 2.45) is 5.92 Å². The maximum atomic E-state index is 13.4. The Labute approximate surface area is 192 Å². The predicted octanol–water partition coefficient (Wildman–Crippen LogP) is 3.94. The summed E-state index contributed by atoms with van der Waals surface area (Å²) in [6, 6.07) is 8.08. The molecule has 0 saturated heterocycles. The number of Topliss-reactive ketones (excluding diaryl/α,β-unsaturated/α-hetero) is 1. The van der Waals surface area contributed by atoms with Crippen molar-refractivity contribution >= 4 is 29.9 Å². The number of thioether (sulfide) groups is 1. The molecule has 0 bridgehead atoms. The zero-order valence-corrected chi connectivity index (χ0v) is 19.6. The summed E-state index contributed by atoms with van der Waals surface area (Å²) >= 11 is 1.25. The van der Waals surface area contributed by atoms with Crippen molar-refractivity contribution < 1.29 is 18.8 Å². The molecule has 1 saturated carbocycles. The molecular weight excluding hydrogens is 428 g/mol. The van der Waals surface area contributed by atoms with Crippen LogP contribution in [0.3, 0.4) is 0 Å². The second kappa shape index (κ2) is 10.8. The molecule has 1 fully saturated rings. The van der Waals surface area contributed by atoms with Crippen molar-refractivity contribution in [2.75, 3.05) is 6.26 Å². The number of nitrogens with one attached hydrogen (secondary N) is 1. The number of benzene rings is 1. The highest BCUT2D eigenvalue weighted by atomic mass is 32.2. The van der Waals surface area contributed by atoms with E-state index < -0.39 is 17.5 Å². The zero-order valence-electron chi connectivity index (χ0n) is 18.7. The Morgan fingerprint density at radius 2 is 1.88 bits per heavy atom. The van der Waals surface area contributed by atoms with Crippen molar-refractivity contribution in [1.82, 2.24) is 20.4 Å². The molecule has 3 rings (SSSR count). The van der Waals surface area contributed by atoms with Gasteiger partial charge in [0, 0.05) is 5.56 Å². The Morgan fingerprint density at radius 1 is 1.19 bits per heavy atom. The van der Waals surface area contributed by atoms with E-state index in [1.165, 1.54) is 16.7 Å². The third-order valence-electron chi connectivity index (χ3n) is 5.80. The molecule has 1 atom stereocenters. The topological polar surface area (TPSA) is 105 Å². The van der Waals surface area contributed by atoms with Crippen LogP contribution < -0.4 is 5.32 Å². The van der Waals surface area contributed by atoms with E-state index in [1.807, 2.05) is 19.9 Å². The highest BCUT2D eigenvalue weighted by Crippen LogP contribution is 2.34.